The third kappa shape index (κ3) is 4.54. The Labute approximate surface area is 175 Å². The summed E-state index contributed by atoms with van der Waals surface area (Å²) in [6.45, 7) is 5.87. The molecule has 0 bridgehead atoms. The van der Waals surface area contributed by atoms with Crippen molar-refractivity contribution in [3.05, 3.63) is 59.0 Å². The molecule has 0 spiro atoms. The smallest absolute Gasteiger partial charge is 0.136 e. The molecular formula is C21H24Cl2N4O. The van der Waals surface area contributed by atoms with Gasteiger partial charge >= 0.3 is 0 Å². The number of rotatable bonds is 7. The van der Waals surface area contributed by atoms with Crippen LogP contribution in [0.4, 0.5) is 5.69 Å². The first-order chi connectivity index (χ1) is 13.7. The first-order valence-corrected chi connectivity index (χ1v) is 10.4. The number of ether oxygens (including phenoxy) is 1. The maximum absolute atomic E-state index is 6.35. The normalized spacial score (nSPS) is 15.3. The molecule has 0 saturated carbocycles. The van der Waals surface area contributed by atoms with Gasteiger partial charge in [-0.3, -0.25) is 4.90 Å². The van der Waals surface area contributed by atoms with Gasteiger partial charge in [-0.15, -0.1) is 0 Å². The van der Waals surface area contributed by atoms with Gasteiger partial charge in [0.1, 0.15) is 11.4 Å². The Balaban J connectivity index is 1.16. The number of pyridine rings is 1. The number of anilines is 1. The highest BCUT2D eigenvalue weighted by Gasteiger charge is 2.19. The van der Waals surface area contributed by atoms with Gasteiger partial charge in [0.05, 0.1) is 28.5 Å². The minimum Gasteiger partial charge on any atom is -0.492 e. The fourth-order valence-corrected chi connectivity index (χ4v) is 3.98. The number of benzene rings is 1. The number of imidazole rings is 1. The summed E-state index contributed by atoms with van der Waals surface area (Å²) in [5, 5.41) is 1.28. The molecule has 4 rings (SSSR count). The van der Waals surface area contributed by atoms with Crippen molar-refractivity contribution in [2.75, 3.05) is 44.2 Å². The summed E-state index contributed by atoms with van der Waals surface area (Å²) in [7, 11) is 0. The van der Waals surface area contributed by atoms with E-state index < -0.39 is 0 Å². The third-order valence-corrected chi connectivity index (χ3v) is 5.95. The maximum atomic E-state index is 6.35. The highest BCUT2D eigenvalue weighted by atomic mass is 35.5. The highest BCUT2D eigenvalue weighted by molar-refractivity contribution is 6.43. The average Bonchev–Trinajstić information content (AvgIpc) is 3.18. The second-order valence-corrected chi connectivity index (χ2v) is 7.80. The number of halogens is 2. The van der Waals surface area contributed by atoms with Crippen LogP contribution in [0.1, 0.15) is 12.8 Å². The van der Waals surface area contributed by atoms with Crippen LogP contribution in [-0.4, -0.2) is 53.6 Å². The quantitative estimate of drug-likeness (QED) is 0.524. The number of piperazine rings is 1. The van der Waals surface area contributed by atoms with Crippen molar-refractivity contribution >= 4 is 34.5 Å². The first kappa shape index (κ1) is 19.4. The van der Waals surface area contributed by atoms with Gasteiger partial charge < -0.3 is 14.0 Å². The van der Waals surface area contributed by atoms with Gasteiger partial charge in [-0.05, 0) is 43.7 Å². The fourth-order valence-electron chi connectivity index (χ4n) is 3.56. The highest BCUT2D eigenvalue weighted by Crippen LogP contribution is 2.32. The third-order valence-electron chi connectivity index (χ3n) is 5.14. The Morgan fingerprint density at radius 1 is 1.00 bits per heavy atom. The predicted molar refractivity (Wildman–Crippen MR) is 115 cm³/mol. The Bertz CT molecular complexity index is 922. The van der Waals surface area contributed by atoms with Crippen LogP contribution in [0, 0.1) is 0 Å². The predicted octanol–water partition coefficient (Wildman–Crippen LogP) is 4.62. The van der Waals surface area contributed by atoms with E-state index in [9.17, 15) is 0 Å². The van der Waals surface area contributed by atoms with Gasteiger partial charge in [-0.1, -0.05) is 29.3 Å². The lowest BCUT2D eigenvalue weighted by Crippen LogP contribution is -2.46. The Hall–Kier alpha value is -1.95. The Kier molecular flexibility index (Phi) is 6.25. The standard InChI is InChI=1S/C21H24Cl2N4O/c22-18-4-3-5-19(21(18)23)26-13-11-25(12-14-26)9-1-2-15-28-17-6-7-20-24-8-10-27(20)16-17/h3-8,10,16H,1-2,9,11-15H2. The molecule has 28 heavy (non-hydrogen) atoms. The van der Waals surface area contributed by atoms with E-state index in [0.29, 0.717) is 10.0 Å². The van der Waals surface area contributed by atoms with Crippen LogP contribution in [0.25, 0.3) is 5.65 Å². The number of fused-ring (bicyclic) bond motifs is 1. The zero-order valence-electron chi connectivity index (χ0n) is 15.7. The zero-order chi connectivity index (χ0) is 19.3. The second-order valence-electron chi connectivity index (χ2n) is 7.01. The van der Waals surface area contributed by atoms with Gasteiger partial charge in [0.2, 0.25) is 0 Å². The second kappa shape index (κ2) is 9.03. The lowest BCUT2D eigenvalue weighted by Gasteiger charge is -2.36. The molecule has 0 amide bonds. The number of nitrogens with zero attached hydrogens (tertiary/aromatic N) is 4. The molecule has 0 atom stereocenters. The van der Waals surface area contributed by atoms with Crippen molar-refractivity contribution in [3.8, 4) is 5.75 Å². The first-order valence-electron chi connectivity index (χ1n) is 9.67. The lowest BCUT2D eigenvalue weighted by atomic mass is 10.2. The molecule has 3 heterocycles. The SMILES string of the molecule is Clc1cccc(N2CCN(CCCCOc3ccc4nccn4c3)CC2)c1Cl. The maximum Gasteiger partial charge on any atom is 0.136 e. The summed E-state index contributed by atoms with van der Waals surface area (Å²) in [6, 6.07) is 9.78. The van der Waals surface area contributed by atoms with Crippen molar-refractivity contribution in [2.45, 2.75) is 12.8 Å². The molecule has 148 valence electrons. The van der Waals surface area contributed by atoms with Gasteiger partial charge in [0.25, 0.3) is 0 Å². The van der Waals surface area contributed by atoms with Crippen molar-refractivity contribution < 1.29 is 4.74 Å². The van der Waals surface area contributed by atoms with Crippen molar-refractivity contribution in [1.82, 2.24) is 14.3 Å². The molecule has 0 radical (unpaired) electrons. The summed E-state index contributed by atoms with van der Waals surface area (Å²) < 4.78 is 7.84. The van der Waals surface area contributed by atoms with E-state index in [1.807, 2.05) is 47.1 Å². The van der Waals surface area contributed by atoms with Crippen molar-refractivity contribution in [1.29, 1.82) is 0 Å². The van der Waals surface area contributed by atoms with Gasteiger partial charge in [-0.2, -0.15) is 0 Å². The average molecular weight is 419 g/mol. The minimum atomic E-state index is 0.619. The topological polar surface area (TPSA) is 33.0 Å². The van der Waals surface area contributed by atoms with E-state index in [1.54, 1.807) is 6.20 Å². The van der Waals surface area contributed by atoms with Crippen molar-refractivity contribution in [3.63, 3.8) is 0 Å². The summed E-state index contributed by atoms with van der Waals surface area (Å²) in [4.78, 5) is 9.07. The van der Waals surface area contributed by atoms with E-state index in [4.69, 9.17) is 27.9 Å². The van der Waals surface area contributed by atoms with Gasteiger partial charge in [0, 0.05) is 38.6 Å². The van der Waals surface area contributed by atoms with Crippen LogP contribution < -0.4 is 9.64 Å². The molecule has 1 aliphatic rings. The van der Waals surface area contributed by atoms with Crippen molar-refractivity contribution in [2.24, 2.45) is 0 Å². The molecular weight excluding hydrogens is 395 g/mol. The molecule has 1 aliphatic heterocycles. The van der Waals surface area contributed by atoms with Crippen LogP contribution in [0.15, 0.2) is 48.9 Å². The van der Waals surface area contributed by atoms with Crippen LogP contribution in [0.5, 0.6) is 5.75 Å². The lowest BCUT2D eigenvalue weighted by molar-refractivity contribution is 0.238. The monoisotopic (exact) mass is 418 g/mol. The Morgan fingerprint density at radius 3 is 2.71 bits per heavy atom. The van der Waals surface area contributed by atoms with Crippen LogP contribution in [-0.2, 0) is 0 Å². The van der Waals surface area contributed by atoms with E-state index in [1.165, 1.54) is 0 Å². The number of hydrogen-bond donors (Lipinski definition) is 0. The van der Waals surface area contributed by atoms with E-state index in [0.717, 1.165) is 69.3 Å². The van der Waals surface area contributed by atoms with Gasteiger partial charge in [-0.25, -0.2) is 4.98 Å². The van der Waals surface area contributed by atoms with E-state index >= 15 is 0 Å². The molecule has 5 nitrogen and oxygen atoms in total. The molecule has 0 aliphatic carbocycles. The van der Waals surface area contributed by atoms with E-state index in [2.05, 4.69) is 14.8 Å². The number of unbranched alkanes of at least 4 members (excludes halogenated alkanes) is 1. The molecule has 3 aromatic rings. The summed E-state index contributed by atoms with van der Waals surface area (Å²) >= 11 is 12.5. The zero-order valence-corrected chi connectivity index (χ0v) is 17.2. The van der Waals surface area contributed by atoms with Gasteiger partial charge in [0.15, 0.2) is 0 Å². The molecule has 0 unspecified atom stereocenters. The molecule has 1 aromatic carbocycles. The number of hydrogen-bond acceptors (Lipinski definition) is 4. The summed E-state index contributed by atoms with van der Waals surface area (Å²) in [5.74, 6) is 0.887. The summed E-state index contributed by atoms with van der Waals surface area (Å²) in [6.07, 6.45) is 7.87. The molecule has 7 heteroatoms. The fraction of sp³-hybridized carbons (Fsp3) is 0.381. The van der Waals surface area contributed by atoms with Crippen LogP contribution >= 0.6 is 23.2 Å². The van der Waals surface area contributed by atoms with Crippen LogP contribution in [0.3, 0.4) is 0 Å². The Morgan fingerprint density at radius 2 is 1.86 bits per heavy atom. The van der Waals surface area contributed by atoms with E-state index in [-0.39, 0.29) is 0 Å². The molecule has 1 fully saturated rings. The molecule has 2 aromatic heterocycles. The molecule has 1 saturated heterocycles. The number of aromatic nitrogens is 2. The molecule has 0 N–H and O–H groups in total. The largest absolute Gasteiger partial charge is 0.492 e. The minimum absolute atomic E-state index is 0.619. The van der Waals surface area contributed by atoms with Crippen LogP contribution in [0.2, 0.25) is 10.0 Å². The summed E-state index contributed by atoms with van der Waals surface area (Å²) in [5.41, 5.74) is 1.97.